The maximum Gasteiger partial charge on any atom is 0.141 e. The van der Waals surface area contributed by atoms with E-state index in [0.717, 1.165) is 22.6 Å². The summed E-state index contributed by atoms with van der Waals surface area (Å²) in [5.74, 6) is 0. The van der Waals surface area contributed by atoms with Crippen LogP contribution in [0.15, 0.2) is 42.0 Å². The van der Waals surface area contributed by atoms with Gasteiger partial charge in [-0.25, -0.2) is 4.68 Å². The van der Waals surface area contributed by atoms with Crippen molar-refractivity contribution in [2.75, 3.05) is 0 Å². The smallest absolute Gasteiger partial charge is 0.141 e. The maximum atomic E-state index is 6.10. The Labute approximate surface area is 137 Å². The van der Waals surface area contributed by atoms with E-state index in [9.17, 15) is 0 Å². The lowest BCUT2D eigenvalue weighted by molar-refractivity contribution is 0.877. The third-order valence-corrected chi connectivity index (χ3v) is 3.75. The topological polar surface area (TPSA) is 48.0 Å². The minimum atomic E-state index is 0.606. The molecular weight excluding hydrogens is 321 g/mol. The standard InChI is InChI=1S/C15H13Cl2N5/c1-10-3-12(7-20-21-8-18-19-9-21)11(2)22(10)15-5-13(16)4-14(17)6-15/h3-9H,1-2H3/b20-7-. The molecule has 112 valence electrons. The zero-order valence-corrected chi connectivity index (χ0v) is 13.5. The number of nitrogens with zero attached hydrogens (tertiary/aromatic N) is 5. The molecule has 3 rings (SSSR count). The van der Waals surface area contributed by atoms with Gasteiger partial charge >= 0.3 is 0 Å². The highest BCUT2D eigenvalue weighted by atomic mass is 35.5. The molecule has 2 heterocycles. The van der Waals surface area contributed by atoms with Gasteiger partial charge in [0.1, 0.15) is 12.7 Å². The predicted octanol–water partition coefficient (Wildman–Crippen LogP) is 3.87. The molecule has 5 nitrogen and oxygen atoms in total. The number of benzene rings is 1. The van der Waals surface area contributed by atoms with Crippen LogP contribution in [0, 0.1) is 13.8 Å². The fraction of sp³-hybridized carbons (Fsp3) is 0.133. The van der Waals surface area contributed by atoms with Crippen LogP contribution in [-0.2, 0) is 0 Å². The summed E-state index contributed by atoms with van der Waals surface area (Å²) in [7, 11) is 0. The third kappa shape index (κ3) is 2.91. The summed E-state index contributed by atoms with van der Waals surface area (Å²) in [6.45, 7) is 4.05. The fourth-order valence-corrected chi connectivity index (χ4v) is 2.88. The largest absolute Gasteiger partial charge is 0.318 e. The fourth-order valence-electron chi connectivity index (χ4n) is 2.37. The van der Waals surface area contributed by atoms with E-state index in [0.29, 0.717) is 10.0 Å². The lowest BCUT2D eigenvalue weighted by Crippen LogP contribution is -2.00. The van der Waals surface area contributed by atoms with E-state index in [1.807, 2.05) is 26.0 Å². The molecule has 0 radical (unpaired) electrons. The summed E-state index contributed by atoms with van der Waals surface area (Å²) < 4.78 is 3.63. The number of aryl methyl sites for hydroxylation is 1. The van der Waals surface area contributed by atoms with Gasteiger partial charge < -0.3 is 4.57 Å². The van der Waals surface area contributed by atoms with Crippen molar-refractivity contribution in [3.63, 3.8) is 0 Å². The van der Waals surface area contributed by atoms with E-state index in [2.05, 4.69) is 25.9 Å². The molecule has 1 aromatic carbocycles. The molecule has 0 amide bonds. The number of rotatable bonds is 3. The Morgan fingerprint density at radius 1 is 1.00 bits per heavy atom. The summed E-state index contributed by atoms with van der Waals surface area (Å²) in [4.78, 5) is 0. The lowest BCUT2D eigenvalue weighted by atomic mass is 10.2. The Bertz CT molecular complexity index is 814. The van der Waals surface area contributed by atoms with Crippen molar-refractivity contribution in [1.82, 2.24) is 19.4 Å². The average molecular weight is 334 g/mol. The molecule has 0 bridgehead atoms. The van der Waals surface area contributed by atoms with Gasteiger partial charge in [0.25, 0.3) is 0 Å². The van der Waals surface area contributed by atoms with E-state index < -0.39 is 0 Å². The summed E-state index contributed by atoms with van der Waals surface area (Å²) in [5, 5.41) is 12.9. The number of hydrogen-bond acceptors (Lipinski definition) is 3. The first-order valence-corrected chi connectivity index (χ1v) is 7.34. The summed E-state index contributed by atoms with van der Waals surface area (Å²) in [6.07, 6.45) is 4.84. The first-order valence-electron chi connectivity index (χ1n) is 6.59. The van der Waals surface area contributed by atoms with Crippen LogP contribution in [0.5, 0.6) is 0 Å². The Balaban J connectivity index is 2.03. The quantitative estimate of drug-likeness (QED) is 0.683. The van der Waals surface area contributed by atoms with Crippen molar-refractivity contribution in [2.24, 2.45) is 5.10 Å². The molecular formula is C15H13Cl2N5. The van der Waals surface area contributed by atoms with Gasteiger partial charge in [-0.2, -0.15) is 5.10 Å². The second kappa shape index (κ2) is 5.94. The van der Waals surface area contributed by atoms with Gasteiger partial charge in [-0.15, -0.1) is 10.2 Å². The highest BCUT2D eigenvalue weighted by molar-refractivity contribution is 6.34. The van der Waals surface area contributed by atoms with Gasteiger partial charge in [-0.1, -0.05) is 23.2 Å². The van der Waals surface area contributed by atoms with Gasteiger partial charge in [0, 0.05) is 32.7 Å². The molecule has 0 saturated heterocycles. The molecule has 0 spiro atoms. The Morgan fingerprint density at radius 2 is 1.64 bits per heavy atom. The first kappa shape index (κ1) is 14.8. The second-order valence-corrected chi connectivity index (χ2v) is 5.75. The zero-order chi connectivity index (χ0) is 15.7. The maximum absolute atomic E-state index is 6.10. The van der Waals surface area contributed by atoms with Crippen molar-refractivity contribution >= 4 is 29.4 Å². The molecule has 0 N–H and O–H groups in total. The van der Waals surface area contributed by atoms with Crippen molar-refractivity contribution in [3.8, 4) is 5.69 Å². The number of aromatic nitrogens is 4. The van der Waals surface area contributed by atoms with Gasteiger partial charge in [0.2, 0.25) is 0 Å². The molecule has 0 aliphatic carbocycles. The molecule has 7 heteroatoms. The molecule has 0 unspecified atom stereocenters. The number of hydrogen-bond donors (Lipinski definition) is 0. The monoisotopic (exact) mass is 333 g/mol. The van der Waals surface area contributed by atoms with Crippen molar-refractivity contribution < 1.29 is 0 Å². The summed E-state index contributed by atoms with van der Waals surface area (Å²) >= 11 is 12.2. The molecule has 2 aromatic heterocycles. The van der Waals surface area contributed by atoms with Crippen LogP contribution in [0.25, 0.3) is 5.69 Å². The van der Waals surface area contributed by atoms with E-state index >= 15 is 0 Å². The number of halogens is 2. The molecule has 0 atom stereocenters. The Hall–Kier alpha value is -2.11. The van der Waals surface area contributed by atoms with Crippen LogP contribution in [-0.4, -0.2) is 25.7 Å². The van der Waals surface area contributed by atoms with Crippen molar-refractivity contribution in [3.05, 3.63) is 63.9 Å². The summed E-state index contributed by atoms with van der Waals surface area (Å²) in [6, 6.07) is 7.54. The second-order valence-electron chi connectivity index (χ2n) is 4.88. The zero-order valence-electron chi connectivity index (χ0n) is 12.0. The first-order chi connectivity index (χ1) is 10.5. The highest BCUT2D eigenvalue weighted by Crippen LogP contribution is 2.25. The minimum Gasteiger partial charge on any atom is -0.318 e. The van der Waals surface area contributed by atoms with Crippen LogP contribution in [0.4, 0.5) is 0 Å². The third-order valence-electron chi connectivity index (χ3n) is 3.31. The summed E-state index contributed by atoms with van der Waals surface area (Å²) in [5.41, 5.74) is 4.05. The van der Waals surface area contributed by atoms with Crippen LogP contribution in [0.2, 0.25) is 10.0 Å². The molecule has 22 heavy (non-hydrogen) atoms. The van der Waals surface area contributed by atoms with Crippen LogP contribution in [0.1, 0.15) is 17.0 Å². The Kier molecular flexibility index (Phi) is 4.00. The predicted molar refractivity (Wildman–Crippen MR) is 88.3 cm³/mol. The van der Waals surface area contributed by atoms with Crippen LogP contribution < -0.4 is 0 Å². The molecule has 0 fully saturated rings. The van der Waals surface area contributed by atoms with E-state index in [-0.39, 0.29) is 0 Å². The van der Waals surface area contributed by atoms with Gasteiger partial charge in [-0.05, 0) is 38.1 Å². The normalized spacial score (nSPS) is 11.5. The van der Waals surface area contributed by atoms with Crippen molar-refractivity contribution in [1.29, 1.82) is 0 Å². The van der Waals surface area contributed by atoms with Gasteiger partial charge in [0.15, 0.2) is 0 Å². The molecule has 0 saturated carbocycles. The average Bonchev–Trinajstić information content (AvgIpc) is 3.04. The minimum absolute atomic E-state index is 0.606. The molecule has 3 aromatic rings. The van der Waals surface area contributed by atoms with Crippen LogP contribution >= 0.6 is 23.2 Å². The SMILES string of the molecule is Cc1cc(/C=N\n2cnnc2)c(C)n1-c1cc(Cl)cc(Cl)c1. The van der Waals surface area contributed by atoms with E-state index in [4.69, 9.17) is 23.2 Å². The molecule has 0 aliphatic rings. The van der Waals surface area contributed by atoms with Crippen molar-refractivity contribution in [2.45, 2.75) is 13.8 Å². The van der Waals surface area contributed by atoms with Gasteiger partial charge in [-0.3, -0.25) is 0 Å². The van der Waals surface area contributed by atoms with E-state index in [1.54, 1.807) is 17.0 Å². The van der Waals surface area contributed by atoms with Crippen LogP contribution in [0.3, 0.4) is 0 Å². The lowest BCUT2D eigenvalue weighted by Gasteiger charge is -2.10. The highest BCUT2D eigenvalue weighted by Gasteiger charge is 2.10. The molecule has 0 aliphatic heterocycles. The Morgan fingerprint density at radius 3 is 2.27 bits per heavy atom. The van der Waals surface area contributed by atoms with E-state index in [1.165, 1.54) is 12.7 Å². The van der Waals surface area contributed by atoms with Gasteiger partial charge in [0.05, 0.1) is 6.21 Å².